The van der Waals surface area contributed by atoms with E-state index in [0.29, 0.717) is 0 Å². The van der Waals surface area contributed by atoms with Gasteiger partial charge in [0.1, 0.15) is 5.69 Å². The summed E-state index contributed by atoms with van der Waals surface area (Å²) in [7, 11) is 2.20. The van der Waals surface area contributed by atoms with E-state index in [2.05, 4.69) is 52.6 Å². The van der Waals surface area contributed by atoms with Gasteiger partial charge in [0.2, 0.25) is 0 Å². The second-order valence-electron chi connectivity index (χ2n) is 5.00. The molecular formula is C14H20N3+. The average Bonchev–Trinajstić information content (AvgIpc) is 2.72. The Balaban J connectivity index is 2.02. The Bertz CT molecular complexity index is 464. The topological polar surface area (TPSA) is 9.49 Å². The number of hydrogen-bond donors (Lipinski definition) is 0. The van der Waals surface area contributed by atoms with Gasteiger partial charge in [0.05, 0.1) is 33.2 Å². The molecule has 2 aliphatic rings. The second kappa shape index (κ2) is 4.06. The summed E-state index contributed by atoms with van der Waals surface area (Å²) in [4.78, 5) is 4.99. The van der Waals surface area contributed by atoms with Crippen molar-refractivity contribution in [3.05, 3.63) is 29.8 Å². The first kappa shape index (κ1) is 10.6. The van der Waals surface area contributed by atoms with Crippen molar-refractivity contribution in [2.24, 2.45) is 0 Å². The molecule has 0 saturated carbocycles. The van der Waals surface area contributed by atoms with Crippen LogP contribution in [0.15, 0.2) is 24.3 Å². The Kier molecular flexibility index (Phi) is 2.54. The number of hydrogen-bond acceptors (Lipinski definition) is 2. The van der Waals surface area contributed by atoms with E-state index in [4.69, 9.17) is 0 Å². The highest BCUT2D eigenvalue weighted by molar-refractivity contribution is 5.94. The number of anilines is 1. The molecular weight excluding hydrogens is 210 g/mol. The molecule has 2 heterocycles. The largest absolute Gasteiger partial charge is 0.355 e. The number of para-hydroxylation sites is 1. The molecule has 1 saturated heterocycles. The van der Waals surface area contributed by atoms with Gasteiger partial charge in [-0.25, -0.2) is 4.90 Å². The smallest absolute Gasteiger partial charge is 0.264 e. The van der Waals surface area contributed by atoms with E-state index < -0.39 is 0 Å². The van der Waals surface area contributed by atoms with Crippen LogP contribution in [0.4, 0.5) is 5.69 Å². The van der Waals surface area contributed by atoms with Gasteiger partial charge < -0.3 is 0 Å². The fraction of sp³-hybridized carbons (Fsp3) is 0.500. The second-order valence-corrected chi connectivity index (χ2v) is 5.00. The van der Waals surface area contributed by atoms with E-state index in [9.17, 15) is 0 Å². The fourth-order valence-corrected chi connectivity index (χ4v) is 2.91. The van der Waals surface area contributed by atoms with Gasteiger partial charge >= 0.3 is 5.96 Å². The number of rotatable bonds is 1. The lowest BCUT2D eigenvalue weighted by molar-refractivity contribution is -0.487. The molecule has 0 spiro atoms. The van der Waals surface area contributed by atoms with Crippen LogP contribution in [-0.2, 0) is 0 Å². The third-order valence-corrected chi connectivity index (χ3v) is 3.79. The lowest BCUT2D eigenvalue weighted by Crippen LogP contribution is -2.50. The predicted octanol–water partition coefficient (Wildman–Crippen LogP) is 1.52. The molecule has 0 aromatic heterocycles. The van der Waals surface area contributed by atoms with Crippen LogP contribution in [-0.4, -0.2) is 48.7 Å². The zero-order chi connectivity index (χ0) is 11.8. The van der Waals surface area contributed by atoms with Crippen molar-refractivity contribution in [1.82, 2.24) is 4.90 Å². The minimum atomic E-state index is 1.14. The summed E-state index contributed by atoms with van der Waals surface area (Å²) in [6.45, 7) is 6.87. The molecule has 2 aliphatic heterocycles. The Morgan fingerprint density at radius 3 is 2.76 bits per heavy atom. The highest BCUT2D eigenvalue weighted by Crippen LogP contribution is 2.24. The van der Waals surface area contributed by atoms with Crippen molar-refractivity contribution in [1.29, 1.82) is 0 Å². The van der Waals surface area contributed by atoms with Crippen molar-refractivity contribution in [3.8, 4) is 0 Å². The van der Waals surface area contributed by atoms with Crippen molar-refractivity contribution in [3.63, 3.8) is 0 Å². The van der Waals surface area contributed by atoms with Crippen molar-refractivity contribution < 1.29 is 4.58 Å². The van der Waals surface area contributed by atoms with Crippen LogP contribution in [0.25, 0.3) is 0 Å². The number of fused-ring (bicyclic) bond motifs is 1. The molecule has 0 unspecified atom stereocenters. The molecule has 3 nitrogen and oxygen atoms in total. The third kappa shape index (κ3) is 1.70. The quantitative estimate of drug-likeness (QED) is 0.677. The number of benzene rings is 1. The standard InChI is InChI=1S/C14H20N3/c1-12-6-3-4-7-13(12)17-9-5-8-16-11-10-15(2)14(16)17/h3-4,6-7H,5,8-11H2,1-2H3/q+1. The molecule has 1 fully saturated rings. The Hall–Kier alpha value is -1.51. The van der Waals surface area contributed by atoms with Crippen LogP contribution in [0.5, 0.6) is 0 Å². The van der Waals surface area contributed by atoms with Crippen LogP contribution in [0.1, 0.15) is 12.0 Å². The number of aryl methyl sites for hydroxylation is 1. The fourth-order valence-electron chi connectivity index (χ4n) is 2.91. The van der Waals surface area contributed by atoms with Gasteiger partial charge in [-0.3, -0.25) is 9.48 Å². The maximum Gasteiger partial charge on any atom is 0.355 e. The Labute approximate surface area is 103 Å². The van der Waals surface area contributed by atoms with Crippen LogP contribution < -0.4 is 4.90 Å². The normalized spacial score (nSPS) is 19.9. The zero-order valence-corrected chi connectivity index (χ0v) is 10.7. The van der Waals surface area contributed by atoms with Gasteiger partial charge in [-0.05, 0) is 18.6 Å². The van der Waals surface area contributed by atoms with Gasteiger partial charge in [-0.2, -0.15) is 0 Å². The molecule has 0 amide bonds. The van der Waals surface area contributed by atoms with E-state index in [-0.39, 0.29) is 0 Å². The van der Waals surface area contributed by atoms with E-state index in [1.165, 1.54) is 36.7 Å². The average molecular weight is 230 g/mol. The molecule has 90 valence electrons. The maximum absolute atomic E-state index is 2.51. The molecule has 1 aromatic rings. The van der Waals surface area contributed by atoms with Crippen molar-refractivity contribution >= 4 is 11.6 Å². The Morgan fingerprint density at radius 1 is 1.12 bits per heavy atom. The molecule has 17 heavy (non-hydrogen) atoms. The molecule has 1 aromatic carbocycles. The number of likely N-dealkylation sites (N-methyl/N-ethyl adjacent to an activating group) is 1. The molecule has 0 atom stereocenters. The van der Waals surface area contributed by atoms with E-state index in [1.807, 2.05) is 0 Å². The SMILES string of the molecule is Cc1ccccc1N1CCCN2CC[N+](C)=C21. The molecule has 0 aliphatic carbocycles. The molecule has 3 rings (SSSR count). The monoisotopic (exact) mass is 230 g/mol. The summed E-state index contributed by atoms with van der Waals surface area (Å²) in [5, 5.41) is 0. The van der Waals surface area contributed by atoms with Crippen LogP contribution >= 0.6 is 0 Å². The zero-order valence-electron chi connectivity index (χ0n) is 10.7. The van der Waals surface area contributed by atoms with Gasteiger partial charge in [0, 0.05) is 6.42 Å². The molecule has 0 radical (unpaired) electrons. The highest BCUT2D eigenvalue weighted by atomic mass is 15.5. The van der Waals surface area contributed by atoms with Crippen LogP contribution in [0.2, 0.25) is 0 Å². The number of nitrogens with zero attached hydrogens (tertiary/aromatic N) is 3. The minimum absolute atomic E-state index is 1.14. The van der Waals surface area contributed by atoms with Gasteiger partial charge in [0.25, 0.3) is 0 Å². The Morgan fingerprint density at radius 2 is 1.94 bits per heavy atom. The van der Waals surface area contributed by atoms with Gasteiger partial charge in [0.15, 0.2) is 0 Å². The summed E-state index contributed by atoms with van der Waals surface area (Å²) in [6, 6.07) is 8.68. The van der Waals surface area contributed by atoms with Crippen LogP contribution in [0, 0.1) is 6.92 Å². The van der Waals surface area contributed by atoms with Crippen molar-refractivity contribution in [2.75, 3.05) is 38.1 Å². The molecule has 0 bridgehead atoms. The van der Waals surface area contributed by atoms with Crippen molar-refractivity contribution in [2.45, 2.75) is 13.3 Å². The van der Waals surface area contributed by atoms with Crippen LogP contribution in [0.3, 0.4) is 0 Å². The molecule has 3 heteroatoms. The first-order valence-electron chi connectivity index (χ1n) is 6.43. The van der Waals surface area contributed by atoms with Gasteiger partial charge in [-0.15, -0.1) is 0 Å². The van der Waals surface area contributed by atoms with E-state index >= 15 is 0 Å². The summed E-state index contributed by atoms with van der Waals surface area (Å²) in [5.74, 6) is 1.39. The van der Waals surface area contributed by atoms with E-state index in [1.54, 1.807) is 0 Å². The van der Waals surface area contributed by atoms with E-state index in [0.717, 1.165) is 13.1 Å². The lowest BCUT2D eigenvalue weighted by Gasteiger charge is -2.30. The highest BCUT2D eigenvalue weighted by Gasteiger charge is 2.37. The molecule has 0 N–H and O–H groups in total. The summed E-state index contributed by atoms with van der Waals surface area (Å²) in [6.07, 6.45) is 1.26. The van der Waals surface area contributed by atoms with Gasteiger partial charge in [-0.1, -0.05) is 18.2 Å². The third-order valence-electron chi connectivity index (χ3n) is 3.79. The number of guanidine groups is 1. The minimum Gasteiger partial charge on any atom is -0.264 e. The lowest BCUT2D eigenvalue weighted by atomic mass is 10.1. The first-order chi connectivity index (χ1) is 8.27. The first-order valence-corrected chi connectivity index (χ1v) is 6.43. The summed E-state index contributed by atoms with van der Waals surface area (Å²) >= 11 is 0. The summed E-state index contributed by atoms with van der Waals surface area (Å²) < 4.78 is 2.38. The summed E-state index contributed by atoms with van der Waals surface area (Å²) in [5.41, 5.74) is 2.73. The maximum atomic E-state index is 2.51. The predicted molar refractivity (Wildman–Crippen MR) is 70.8 cm³/mol.